The Hall–Kier alpha value is -1.13. The minimum atomic E-state index is -0.489. The van der Waals surface area contributed by atoms with E-state index < -0.39 is 6.10 Å². The van der Waals surface area contributed by atoms with Crippen LogP contribution in [0.1, 0.15) is 25.5 Å². The number of benzene rings is 1. The topological polar surface area (TPSA) is 35.5 Å². The molecular formula is C13H21FN2O. The highest BCUT2D eigenvalue weighted by atomic mass is 19.1. The molecule has 0 bridgehead atoms. The normalized spacial score (nSPS) is 14.5. The number of likely N-dealkylation sites (N-methyl/N-ethyl adjacent to an activating group) is 1. The molecule has 0 aliphatic rings. The summed E-state index contributed by atoms with van der Waals surface area (Å²) in [7, 11) is 3.63. The van der Waals surface area contributed by atoms with Crippen molar-refractivity contribution in [1.29, 1.82) is 0 Å². The molecule has 0 fully saturated rings. The Kier molecular flexibility index (Phi) is 4.90. The maximum atomic E-state index is 13.9. The second kappa shape index (κ2) is 5.98. The molecule has 1 aromatic rings. The van der Waals surface area contributed by atoms with E-state index in [1.807, 2.05) is 20.0 Å². The van der Waals surface area contributed by atoms with Crippen molar-refractivity contribution in [2.24, 2.45) is 0 Å². The maximum absolute atomic E-state index is 13.9. The largest absolute Gasteiger partial charge is 0.392 e. The molecule has 0 amide bonds. The van der Waals surface area contributed by atoms with Gasteiger partial charge in [-0.1, -0.05) is 12.1 Å². The van der Waals surface area contributed by atoms with Crippen molar-refractivity contribution in [2.75, 3.05) is 25.5 Å². The van der Waals surface area contributed by atoms with Gasteiger partial charge in [-0.2, -0.15) is 0 Å². The lowest BCUT2D eigenvalue weighted by molar-refractivity contribution is 0.201. The number of hydrogen-bond acceptors (Lipinski definition) is 3. The minimum absolute atomic E-state index is 0.0668. The molecule has 3 nitrogen and oxygen atoms in total. The molecule has 0 saturated heterocycles. The van der Waals surface area contributed by atoms with Crippen molar-refractivity contribution in [1.82, 2.24) is 5.32 Å². The molecular weight excluding hydrogens is 219 g/mol. The van der Waals surface area contributed by atoms with Crippen molar-refractivity contribution < 1.29 is 9.50 Å². The van der Waals surface area contributed by atoms with Crippen LogP contribution < -0.4 is 10.2 Å². The summed E-state index contributed by atoms with van der Waals surface area (Å²) in [5.41, 5.74) is 1.45. The molecule has 0 radical (unpaired) electrons. The van der Waals surface area contributed by atoms with Crippen LogP contribution in [0.5, 0.6) is 0 Å². The van der Waals surface area contributed by atoms with Crippen LogP contribution in [0.15, 0.2) is 18.2 Å². The number of aliphatic hydroxyl groups excluding tert-OH is 1. The number of anilines is 1. The van der Waals surface area contributed by atoms with Crippen molar-refractivity contribution in [3.8, 4) is 0 Å². The number of para-hydroxylation sites is 1. The number of hydrogen-bond donors (Lipinski definition) is 2. The number of aliphatic hydroxyl groups is 1. The predicted molar refractivity (Wildman–Crippen MR) is 68.8 cm³/mol. The zero-order chi connectivity index (χ0) is 13.0. The van der Waals surface area contributed by atoms with Gasteiger partial charge in [-0.3, -0.25) is 0 Å². The Morgan fingerprint density at radius 2 is 2.06 bits per heavy atom. The molecule has 0 spiro atoms. The first kappa shape index (κ1) is 13.9. The van der Waals surface area contributed by atoms with E-state index in [-0.39, 0.29) is 11.9 Å². The van der Waals surface area contributed by atoms with Crippen molar-refractivity contribution in [3.05, 3.63) is 29.6 Å². The number of halogens is 1. The highest BCUT2D eigenvalue weighted by molar-refractivity contribution is 5.55. The molecule has 2 atom stereocenters. The van der Waals surface area contributed by atoms with Crippen LogP contribution in [0.3, 0.4) is 0 Å². The summed E-state index contributed by atoms with van der Waals surface area (Å²) in [4.78, 5) is 1.75. The van der Waals surface area contributed by atoms with Crippen LogP contribution in [0, 0.1) is 5.82 Å². The summed E-state index contributed by atoms with van der Waals surface area (Å²) in [5.74, 6) is -0.257. The summed E-state index contributed by atoms with van der Waals surface area (Å²) in [6.07, 6.45) is -0.489. The number of nitrogens with zero attached hydrogens (tertiary/aromatic N) is 1. The Morgan fingerprint density at radius 3 is 2.59 bits per heavy atom. The standard InChI is InChI=1S/C13H21FN2O/c1-9(17)8-16(4)13-11(10(2)15-3)6-5-7-12(13)14/h5-7,9-10,15,17H,8H2,1-4H3. The minimum Gasteiger partial charge on any atom is -0.392 e. The summed E-state index contributed by atoms with van der Waals surface area (Å²) in [6.45, 7) is 4.08. The van der Waals surface area contributed by atoms with Gasteiger partial charge in [0.15, 0.2) is 0 Å². The predicted octanol–water partition coefficient (Wildman–Crippen LogP) is 1.92. The van der Waals surface area contributed by atoms with Gasteiger partial charge >= 0.3 is 0 Å². The fraction of sp³-hybridized carbons (Fsp3) is 0.538. The molecule has 2 N–H and O–H groups in total. The number of rotatable bonds is 5. The van der Waals surface area contributed by atoms with Gasteiger partial charge < -0.3 is 15.3 Å². The monoisotopic (exact) mass is 240 g/mol. The Labute approximate surface area is 102 Å². The van der Waals surface area contributed by atoms with Crippen molar-refractivity contribution in [3.63, 3.8) is 0 Å². The molecule has 1 aromatic carbocycles. The van der Waals surface area contributed by atoms with Crippen molar-refractivity contribution in [2.45, 2.75) is 26.0 Å². The highest BCUT2D eigenvalue weighted by Gasteiger charge is 2.17. The average molecular weight is 240 g/mol. The van der Waals surface area contributed by atoms with E-state index in [4.69, 9.17) is 0 Å². The maximum Gasteiger partial charge on any atom is 0.146 e. The summed E-state index contributed by atoms with van der Waals surface area (Å²) in [5, 5.41) is 12.5. The van der Waals surface area contributed by atoms with Gasteiger partial charge in [0, 0.05) is 19.6 Å². The first-order chi connectivity index (χ1) is 7.97. The van der Waals surface area contributed by atoms with E-state index >= 15 is 0 Å². The SMILES string of the molecule is CNC(C)c1cccc(F)c1N(C)CC(C)O. The Balaban J connectivity index is 3.11. The molecule has 2 unspecified atom stereocenters. The first-order valence-corrected chi connectivity index (χ1v) is 5.82. The van der Waals surface area contributed by atoms with Gasteiger partial charge in [-0.05, 0) is 32.5 Å². The Bertz CT molecular complexity index is 368. The highest BCUT2D eigenvalue weighted by Crippen LogP contribution is 2.28. The zero-order valence-electron chi connectivity index (χ0n) is 10.9. The molecule has 0 aliphatic carbocycles. The Morgan fingerprint density at radius 1 is 1.41 bits per heavy atom. The number of nitrogens with one attached hydrogen (secondary N) is 1. The third-order valence-electron chi connectivity index (χ3n) is 2.84. The lowest BCUT2D eigenvalue weighted by atomic mass is 10.0. The van der Waals surface area contributed by atoms with E-state index in [1.165, 1.54) is 6.07 Å². The smallest absolute Gasteiger partial charge is 0.146 e. The van der Waals surface area contributed by atoms with Gasteiger partial charge in [-0.15, -0.1) is 0 Å². The molecule has 0 aromatic heterocycles. The van der Waals surface area contributed by atoms with Crippen LogP contribution in [-0.4, -0.2) is 31.9 Å². The lowest BCUT2D eigenvalue weighted by Gasteiger charge is -2.26. The van der Waals surface area contributed by atoms with Gasteiger partial charge in [0.1, 0.15) is 5.82 Å². The molecule has 0 saturated carbocycles. The lowest BCUT2D eigenvalue weighted by Crippen LogP contribution is -2.29. The van der Waals surface area contributed by atoms with Gasteiger partial charge in [-0.25, -0.2) is 4.39 Å². The first-order valence-electron chi connectivity index (χ1n) is 5.82. The summed E-state index contributed by atoms with van der Waals surface area (Å²) >= 11 is 0. The zero-order valence-corrected chi connectivity index (χ0v) is 10.9. The fourth-order valence-electron chi connectivity index (χ4n) is 1.93. The van der Waals surface area contributed by atoms with Crippen molar-refractivity contribution >= 4 is 5.69 Å². The van der Waals surface area contributed by atoms with E-state index in [1.54, 1.807) is 24.9 Å². The van der Waals surface area contributed by atoms with E-state index in [9.17, 15) is 9.50 Å². The van der Waals surface area contributed by atoms with Crippen LogP contribution in [0.2, 0.25) is 0 Å². The van der Waals surface area contributed by atoms with E-state index in [2.05, 4.69) is 5.32 Å². The summed E-state index contributed by atoms with van der Waals surface area (Å²) < 4.78 is 13.9. The molecule has 4 heteroatoms. The van der Waals surface area contributed by atoms with E-state index in [0.717, 1.165) is 5.56 Å². The van der Waals surface area contributed by atoms with Crippen LogP contribution in [-0.2, 0) is 0 Å². The fourth-order valence-corrected chi connectivity index (χ4v) is 1.93. The second-order valence-electron chi connectivity index (χ2n) is 4.42. The second-order valence-corrected chi connectivity index (χ2v) is 4.42. The summed E-state index contributed by atoms with van der Waals surface area (Å²) in [6, 6.07) is 5.12. The van der Waals surface area contributed by atoms with E-state index in [0.29, 0.717) is 12.2 Å². The molecule has 0 heterocycles. The molecule has 96 valence electrons. The third-order valence-corrected chi connectivity index (χ3v) is 2.84. The van der Waals surface area contributed by atoms with Crippen LogP contribution in [0.25, 0.3) is 0 Å². The molecule has 1 rings (SSSR count). The van der Waals surface area contributed by atoms with Gasteiger partial charge in [0.05, 0.1) is 11.8 Å². The quantitative estimate of drug-likeness (QED) is 0.825. The van der Waals surface area contributed by atoms with Gasteiger partial charge in [0.25, 0.3) is 0 Å². The molecule has 17 heavy (non-hydrogen) atoms. The van der Waals surface area contributed by atoms with Crippen LogP contribution >= 0.6 is 0 Å². The van der Waals surface area contributed by atoms with Gasteiger partial charge in [0.2, 0.25) is 0 Å². The molecule has 0 aliphatic heterocycles. The van der Waals surface area contributed by atoms with Crippen LogP contribution in [0.4, 0.5) is 10.1 Å². The third kappa shape index (κ3) is 3.41. The average Bonchev–Trinajstić information content (AvgIpc) is 2.26.